The van der Waals surface area contributed by atoms with Gasteiger partial charge < -0.3 is 24.3 Å². The molecule has 5 unspecified atom stereocenters. The van der Waals surface area contributed by atoms with E-state index in [9.17, 15) is 14.4 Å². The number of ether oxygens (including phenoxy) is 1. The van der Waals surface area contributed by atoms with Crippen LogP contribution in [0.5, 0.6) is 0 Å². The van der Waals surface area contributed by atoms with Crippen LogP contribution in [0.4, 0.5) is 0 Å². The summed E-state index contributed by atoms with van der Waals surface area (Å²) in [6, 6.07) is 34.7. The Balaban J connectivity index is 1.17. The van der Waals surface area contributed by atoms with Gasteiger partial charge in [-0.1, -0.05) is 121 Å². The van der Waals surface area contributed by atoms with Crippen LogP contribution in [-0.2, 0) is 23.9 Å². The molecule has 4 saturated heterocycles. The Kier molecular flexibility index (Phi) is 18.3. The van der Waals surface area contributed by atoms with Crippen LogP contribution in [0.25, 0.3) is 0 Å². The standard InChI is InChI=1S/C61H74N6O9/c1-40(68)65-31-27-41(28-32-65)53-49(57(72)45-23-15-9-16-24-45)38-67(39-50(53)58(73)46-25-17-10-18-26-46)59(61(75)63(4)5)64(6)52(69)35-51(60(74)62(2)3)66-36-47(55(70)43-19-11-7-12-20-43)54(42-29-33-76-34-30-42)48(37-66)56(71)44-21-13-8-14-22-44/h7-26,41-42,47-51,53-54,59H,27-39H2,1-6H3/t47-,48+,49?,50?,51?,53?,54?,59?. The van der Waals surface area contributed by atoms with E-state index in [0.29, 0.717) is 74.2 Å². The molecule has 15 nitrogen and oxygen atoms in total. The van der Waals surface area contributed by atoms with Crippen LogP contribution in [0.15, 0.2) is 121 Å². The van der Waals surface area contributed by atoms with Crippen LogP contribution in [0, 0.1) is 47.3 Å². The first kappa shape index (κ1) is 55.5. The van der Waals surface area contributed by atoms with Gasteiger partial charge in [0.2, 0.25) is 17.7 Å². The van der Waals surface area contributed by atoms with Gasteiger partial charge in [-0.05, 0) is 49.4 Å². The van der Waals surface area contributed by atoms with Gasteiger partial charge in [-0.25, -0.2) is 0 Å². The molecule has 0 spiro atoms. The number of likely N-dealkylation sites (tertiary alicyclic amines) is 3. The molecule has 4 heterocycles. The molecule has 0 saturated carbocycles. The monoisotopic (exact) mass is 1030 g/mol. The molecule has 0 radical (unpaired) electrons. The van der Waals surface area contributed by atoms with Crippen molar-refractivity contribution in [3.05, 3.63) is 144 Å². The third-order valence-electron chi connectivity index (χ3n) is 16.8. The molecular formula is C61H74N6O9. The van der Waals surface area contributed by atoms with Gasteiger partial charge in [0, 0.05) is 141 Å². The molecule has 8 rings (SSSR count). The number of ketones is 4. The number of amides is 4. The zero-order valence-electron chi connectivity index (χ0n) is 44.9. The zero-order chi connectivity index (χ0) is 54.2. The quantitative estimate of drug-likeness (QED) is 0.110. The number of hydrogen-bond donors (Lipinski definition) is 0. The Hall–Kier alpha value is -6.68. The van der Waals surface area contributed by atoms with Crippen molar-refractivity contribution in [3.8, 4) is 0 Å². The number of Topliss-reactive ketones (excluding diaryl/α,β-unsaturated/α-hetero) is 4. The summed E-state index contributed by atoms with van der Waals surface area (Å²) in [4.78, 5) is 127. The third kappa shape index (κ3) is 12.3. The fourth-order valence-electron chi connectivity index (χ4n) is 12.9. The minimum absolute atomic E-state index is 0.0209. The van der Waals surface area contributed by atoms with Gasteiger partial charge in [0.05, 0.1) is 12.5 Å². The minimum Gasteiger partial charge on any atom is -0.381 e. The Morgan fingerprint density at radius 1 is 0.487 bits per heavy atom. The van der Waals surface area contributed by atoms with E-state index in [0.717, 1.165) is 0 Å². The Morgan fingerprint density at radius 2 is 0.829 bits per heavy atom. The van der Waals surface area contributed by atoms with Crippen LogP contribution in [0.2, 0.25) is 0 Å². The number of carbonyl (C=O) groups is 8. The zero-order valence-corrected chi connectivity index (χ0v) is 44.9. The van der Waals surface area contributed by atoms with Gasteiger partial charge in [-0.15, -0.1) is 0 Å². The maximum absolute atomic E-state index is 15.4. The Labute approximate surface area is 447 Å². The molecule has 0 aromatic heterocycles. The average molecular weight is 1040 g/mol. The smallest absolute Gasteiger partial charge is 0.260 e. The molecule has 0 bridgehead atoms. The first-order valence-corrected chi connectivity index (χ1v) is 26.9. The van der Waals surface area contributed by atoms with Crippen molar-refractivity contribution >= 4 is 46.8 Å². The first-order chi connectivity index (χ1) is 36.5. The molecule has 0 N–H and O–H groups in total. The van der Waals surface area contributed by atoms with E-state index < -0.39 is 65.9 Å². The normalized spacial score (nSPS) is 23.6. The van der Waals surface area contributed by atoms with Crippen molar-refractivity contribution in [2.75, 3.05) is 87.7 Å². The molecule has 4 aliphatic rings. The van der Waals surface area contributed by atoms with Gasteiger partial charge in [0.1, 0.15) is 0 Å². The largest absolute Gasteiger partial charge is 0.381 e. The lowest BCUT2D eigenvalue weighted by Crippen LogP contribution is -2.64. The lowest BCUT2D eigenvalue weighted by molar-refractivity contribution is -0.155. The van der Waals surface area contributed by atoms with E-state index in [2.05, 4.69) is 0 Å². The summed E-state index contributed by atoms with van der Waals surface area (Å²) < 4.78 is 5.80. The van der Waals surface area contributed by atoms with E-state index in [-0.39, 0.29) is 73.0 Å². The molecule has 15 heteroatoms. The van der Waals surface area contributed by atoms with Gasteiger partial charge >= 0.3 is 0 Å². The summed E-state index contributed by atoms with van der Waals surface area (Å²) in [5.41, 5.74) is 1.91. The second-order valence-corrected chi connectivity index (χ2v) is 21.8. The third-order valence-corrected chi connectivity index (χ3v) is 16.8. The van der Waals surface area contributed by atoms with Crippen molar-refractivity contribution in [3.63, 3.8) is 0 Å². The van der Waals surface area contributed by atoms with Crippen LogP contribution in [0.1, 0.15) is 80.5 Å². The molecule has 4 aromatic carbocycles. The van der Waals surface area contributed by atoms with Crippen LogP contribution < -0.4 is 0 Å². The van der Waals surface area contributed by atoms with Crippen molar-refractivity contribution in [2.24, 2.45) is 47.3 Å². The summed E-state index contributed by atoms with van der Waals surface area (Å²) in [5, 5.41) is 0. The highest BCUT2D eigenvalue weighted by Crippen LogP contribution is 2.45. The van der Waals surface area contributed by atoms with E-state index >= 15 is 24.0 Å². The molecule has 402 valence electrons. The highest BCUT2D eigenvalue weighted by atomic mass is 16.5. The molecular weight excluding hydrogens is 961 g/mol. The maximum Gasteiger partial charge on any atom is 0.260 e. The van der Waals surface area contributed by atoms with Gasteiger partial charge in [-0.3, -0.25) is 48.2 Å². The number of hydrogen-bond acceptors (Lipinski definition) is 11. The van der Waals surface area contributed by atoms with Gasteiger partial charge in [-0.2, -0.15) is 0 Å². The fourth-order valence-corrected chi connectivity index (χ4v) is 12.9. The van der Waals surface area contributed by atoms with E-state index in [4.69, 9.17) is 4.74 Å². The molecule has 76 heavy (non-hydrogen) atoms. The second-order valence-electron chi connectivity index (χ2n) is 21.8. The number of likely N-dealkylation sites (N-methyl/N-ethyl adjacent to an activating group) is 3. The Morgan fingerprint density at radius 3 is 1.17 bits per heavy atom. The van der Waals surface area contributed by atoms with E-state index in [1.807, 2.05) is 53.4 Å². The second kappa shape index (κ2) is 25.0. The SMILES string of the molecule is CC(=O)N1CCC(C2C(C(=O)c3ccccc3)CN(C(C(=O)N(C)C)N(C)C(=O)CC(C(=O)N(C)C)N3C[C@H](C(=O)c4ccccc4)C(C4CCOCC4)[C@H](C(=O)c4ccccc4)C3)CC2C(=O)c2ccccc2)CC1. The molecule has 7 atom stereocenters. The summed E-state index contributed by atoms with van der Waals surface area (Å²) in [5.74, 6) is -6.12. The van der Waals surface area contributed by atoms with Crippen molar-refractivity contribution in [1.29, 1.82) is 0 Å². The van der Waals surface area contributed by atoms with Crippen molar-refractivity contribution in [2.45, 2.75) is 51.2 Å². The molecule has 4 amide bonds. The van der Waals surface area contributed by atoms with Gasteiger partial charge in [0.25, 0.3) is 5.91 Å². The summed E-state index contributed by atoms with van der Waals surface area (Å²) in [6.07, 6.45) is 0.784. The fraction of sp³-hybridized carbons (Fsp3) is 0.475. The first-order valence-electron chi connectivity index (χ1n) is 26.9. The molecule has 4 aromatic rings. The number of carbonyl (C=O) groups excluding carboxylic acids is 8. The predicted octanol–water partition coefficient (Wildman–Crippen LogP) is 6.25. The van der Waals surface area contributed by atoms with Crippen LogP contribution >= 0.6 is 0 Å². The predicted molar refractivity (Wildman–Crippen MR) is 288 cm³/mol. The minimum atomic E-state index is -1.31. The lowest BCUT2D eigenvalue weighted by atomic mass is 9.64. The van der Waals surface area contributed by atoms with E-state index in [1.165, 1.54) is 21.7 Å². The average Bonchev–Trinajstić information content (AvgIpc) is 3.47. The molecule has 0 aliphatic carbocycles. The summed E-state index contributed by atoms with van der Waals surface area (Å²) in [6.45, 7) is 3.79. The Bertz CT molecular complexity index is 2570. The number of nitrogens with zero attached hydrogens (tertiary/aromatic N) is 6. The summed E-state index contributed by atoms with van der Waals surface area (Å²) >= 11 is 0. The van der Waals surface area contributed by atoms with Gasteiger partial charge in [0.15, 0.2) is 29.3 Å². The highest BCUT2D eigenvalue weighted by molar-refractivity contribution is 6.03. The number of rotatable bonds is 17. The van der Waals surface area contributed by atoms with E-state index in [1.54, 1.807) is 118 Å². The number of benzene rings is 4. The molecule has 4 fully saturated rings. The van der Waals surface area contributed by atoms with Crippen LogP contribution in [0.3, 0.4) is 0 Å². The van der Waals surface area contributed by atoms with Crippen molar-refractivity contribution in [1.82, 2.24) is 29.4 Å². The highest BCUT2D eigenvalue weighted by Gasteiger charge is 2.53. The lowest BCUT2D eigenvalue weighted by Gasteiger charge is -2.51. The van der Waals surface area contributed by atoms with Crippen molar-refractivity contribution < 1.29 is 43.1 Å². The number of piperidine rings is 3. The maximum atomic E-state index is 15.4. The van der Waals surface area contributed by atoms with Crippen LogP contribution in [-0.4, -0.2) is 176 Å². The summed E-state index contributed by atoms with van der Waals surface area (Å²) in [7, 11) is 7.93. The molecule has 4 aliphatic heterocycles. The topological polar surface area (TPSA) is 165 Å².